The number of halogens is 1. The molecule has 32 heavy (non-hydrogen) atoms. The van der Waals surface area contributed by atoms with Crippen LogP contribution in [0.15, 0.2) is 35.4 Å². The molecular weight excluding hydrogens is 444 g/mol. The van der Waals surface area contributed by atoms with E-state index in [1.54, 1.807) is 22.2 Å². The Morgan fingerprint density at radius 3 is 2.91 bits per heavy atom. The van der Waals surface area contributed by atoms with Gasteiger partial charge in [-0.1, -0.05) is 29.8 Å². The number of nitrogens with zero attached hydrogens (tertiary/aromatic N) is 4. The summed E-state index contributed by atoms with van der Waals surface area (Å²) in [5, 5.41) is 1.55. The number of thiophene rings is 1. The Morgan fingerprint density at radius 2 is 2.06 bits per heavy atom. The standard InChI is InChI=1S/C24H27ClN4O2S/c25-20-5-2-1-4-17(20)8-11-29-15-26-23-22(24(29)31)19-7-6-18(14-21(19)32-23)28-10-3-9-27(16-30)12-13-28/h1-2,4-5,15-16,18H,3,6-14H2/t18-/m0/s1. The van der Waals surface area contributed by atoms with Gasteiger partial charge in [-0.05, 0) is 49.3 Å². The maximum absolute atomic E-state index is 13.3. The van der Waals surface area contributed by atoms with E-state index in [2.05, 4.69) is 9.88 Å². The van der Waals surface area contributed by atoms with E-state index in [0.717, 1.165) is 79.1 Å². The van der Waals surface area contributed by atoms with Gasteiger partial charge in [0.05, 0.1) is 11.7 Å². The number of amides is 1. The Morgan fingerprint density at radius 1 is 1.19 bits per heavy atom. The van der Waals surface area contributed by atoms with Gasteiger partial charge in [0.25, 0.3) is 5.56 Å². The van der Waals surface area contributed by atoms with Crippen LogP contribution in [0.25, 0.3) is 10.2 Å². The summed E-state index contributed by atoms with van der Waals surface area (Å²) in [6.07, 6.45) is 7.31. The highest BCUT2D eigenvalue weighted by Gasteiger charge is 2.29. The molecule has 0 spiro atoms. The first kappa shape index (κ1) is 21.6. The number of fused-ring (bicyclic) bond motifs is 3. The molecule has 1 amide bonds. The summed E-state index contributed by atoms with van der Waals surface area (Å²) in [5.41, 5.74) is 2.31. The van der Waals surface area contributed by atoms with Crippen molar-refractivity contribution in [2.24, 2.45) is 0 Å². The first-order chi connectivity index (χ1) is 15.6. The lowest BCUT2D eigenvalue weighted by molar-refractivity contribution is -0.118. The molecule has 1 atom stereocenters. The fraction of sp³-hybridized carbons (Fsp3) is 0.458. The van der Waals surface area contributed by atoms with E-state index >= 15 is 0 Å². The average Bonchev–Trinajstić information content (AvgIpc) is 3.01. The Labute approximate surface area is 196 Å². The Hall–Kier alpha value is -2.22. The number of rotatable bonds is 5. The monoisotopic (exact) mass is 470 g/mol. The highest BCUT2D eigenvalue weighted by atomic mass is 35.5. The van der Waals surface area contributed by atoms with Crippen LogP contribution < -0.4 is 5.56 Å². The summed E-state index contributed by atoms with van der Waals surface area (Å²) in [7, 11) is 0. The van der Waals surface area contributed by atoms with E-state index in [4.69, 9.17) is 11.6 Å². The summed E-state index contributed by atoms with van der Waals surface area (Å²) in [6.45, 7) is 4.17. The third kappa shape index (κ3) is 4.21. The van der Waals surface area contributed by atoms with Crippen LogP contribution in [-0.4, -0.2) is 58.0 Å². The number of carbonyl (C=O) groups is 1. The minimum Gasteiger partial charge on any atom is -0.344 e. The largest absolute Gasteiger partial charge is 0.344 e. The highest BCUT2D eigenvalue weighted by molar-refractivity contribution is 7.18. The molecule has 2 aliphatic rings. The molecule has 1 aliphatic carbocycles. The van der Waals surface area contributed by atoms with Crippen molar-refractivity contribution < 1.29 is 4.79 Å². The molecule has 5 rings (SSSR count). The van der Waals surface area contributed by atoms with Crippen LogP contribution in [0, 0.1) is 0 Å². The maximum atomic E-state index is 13.3. The van der Waals surface area contributed by atoms with Crippen LogP contribution in [0.4, 0.5) is 0 Å². The van der Waals surface area contributed by atoms with E-state index < -0.39 is 0 Å². The fourth-order valence-electron chi connectivity index (χ4n) is 5.02. The van der Waals surface area contributed by atoms with Gasteiger partial charge in [0.15, 0.2) is 0 Å². The zero-order valence-electron chi connectivity index (χ0n) is 18.0. The van der Waals surface area contributed by atoms with E-state index in [0.29, 0.717) is 19.0 Å². The SMILES string of the molecule is O=CN1CCCN([C@H]2CCc3c(sc4ncn(CCc5ccccc5Cl)c(=O)c34)C2)CC1. The van der Waals surface area contributed by atoms with Gasteiger partial charge < -0.3 is 4.90 Å². The number of aryl methyl sites for hydroxylation is 3. The molecule has 0 N–H and O–H groups in total. The molecule has 1 fully saturated rings. The second-order valence-electron chi connectivity index (χ2n) is 8.70. The molecule has 0 bridgehead atoms. The quantitative estimate of drug-likeness (QED) is 0.536. The molecule has 3 aromatic rings. The van der Waals surface area contributed by atoms with Crippen LogP contribution >= 0.6 is 22.9 Å². The molecule has 0 unspecified atom stereocenters. The van der Waals surface area contributed by atoms with Gasteiger partial charge >= 0.3 is 0 Å². The van der Waals surface area contributed by atoms with Crippen molar-refractivity contribution in [1.82, 2.24) is 19.4 Å². The lowest BCUT2D eigenvalue weighted by atomic mass is 9.92. The highest BCUT2D eigenvalue weighted by Crippen LogP contribution is 2.35. The smallest absolute Gasteiger partial charge is 0.262 e. The van der Waals surface area contributed by atoms with Gasteiger partial charge in [-0.2, -0.15) is 0 Å². The lowest BCUT2D eigenvalue weighted by Crippen LogP contribution is -2.41. The lowest BCUT2D eigenvalue weighted by Gasteiger charge is -2.33. The molecule has 6 nitrogen and oxygen atoms in total. The van der Waals surface area contributed by atoms with Crippen LogP contribution in [-0.2, 0) is 30.6 Å². The third-order valence-corrected chi connectivity index (χ3v) is 8.35. The molecule has 1 aliphatic heterocycles. The molecule has 168 valence electrons. The van der Waals surface area contributed by atoms with Crippen LogP contribution in [0.3, 0.4) is 0 Å². The average molecular weight is 471 g/mol. The van der Waals surface area contributed by atoms with Crippen molar-refractivity contribution >= 4 is 39.6 Å². The minimum absolute atomic E-state index is 0.0643. The number of hydrogen-bond acceptors (Lipinski definition) is 5. The van der Waals surface area contributed by atoms with Gasteiger partial charge in [-0.15, -0.1) is 11.3 Å². The summed E-state index contributed by atoms with van der Waals surface area (Å²) in [5.74, 6) is 0. The minimum atomic E-state index is 0.0643. The zero-order valence-corrected chi connectivity index (χ0v) is 19.6. The van der Waals surface area contributed by atoms with E-state index in [1.807, 2.05) is 29.2 Å². The Kier molecular flexibility index (Phi) is 6.31. The molecular formula is C24H27ClN4O2S. The van der Waals surface area contributed by atoms with Crippen LogP contribution in [0.2, 0.25) is 5.02 Å². The van der Waals surface area contributed by atoms with Crippen molar-refractivity contribution in [2.75, 3.05) is 26.2 Å². The van der Waals surface area contributed by atoms with Crippen LogP contribution in [0.1, 0.15) is 28.8 Å². The normalized spacial score (nSPS) is 19.7. The molecule has 2 aromatic heterocycles. The van der Waals surface area contributed by atoms with Gasteiger partial charge in [0, 0.05) is 48.7 Å². The van der Waals surface area contributed by atoms with Gasteiger partial charge in [0.1, 0.15) is 4.83 Å². The Bertz CT molecular complexity index is 1190. The fourth-order valence-corrected chi connectivity index (χ4v) is 6.50. The summed E-state index contributed by atoms with van der Waals surface area (Å²) < 4.78 is 1.73. The number of benzene rings is 1. The maximum Gasteiger partial charge on any atom is 0.262 e. The van der Waals surface area contributed by atoms with Crippen molar-refractivity contribution in [3.63, 3.8) is 0 Å². The van der Waals surface area contributed by atoms with Gasteiger partial charge in [0.2, 0.25) is 6.41 Å². The predicted octanol–water partition coefficient (Wildman–Crippen LogP) is 3.38. The first-order valence-corrected chi connectivity index (χ1v) is 12.5. The van der Waals surface area contributed by atoms with Crippen molar-refractivity contribution in [3.8, 4) is 0 Å². The number of hydrogen-bond donors (Lipinski definition) is 0. The van der Waals surface area contributed by atoms with E-state index in [9.17, 15) is 9.59 Å². The summed E-state index contributed by atoms with van der Waals surface area (Å²) in [4.78, 5) is 35.7. The number of aromatic nitrogens is 2. The van der Waals surface area contributed by atoms with Gasteiger partial charge in [-0.3, -0.25) is 19.1 Å². The van der Waals surface area contributed by atoms with E-state index in [1.165, 1.54) is 10.4 Å². The zero-order chi connectivity index (χ0) is 22.1. The molecule has 0 saturated carbocycles. The van der Waals surface area contributed by atoms with Gasteiger partial charge in [-0.25, -0.2) is 4.98 Å². The second-order valence-corrected chi connectivity index (χ2v) is 10.2. The summed E-state index contributed by atoms with van der Waals surface area (Å²) in [6, 6.07) is 8.25. The van der Waals surface area contributed by atoms with Crippen molar-refractivity contribution in [3.05, 3.63) is 62.0 Å². The van der Waals surface area contributed by atoms with Crippen molar-refractivity contribution in [2.45, 2.75) is 44.7 Å². The predicted molar refractivity (Wildman–Crippen MR) is 129 cm³/mol. The third-order valence-electron chi connectivity index (χ3n) is 6.82. The Balaban J connectivity index is 1.35. The second kappa shape index (κ2) is 9.33. The van der Waals surface area contributed by atoms with E-state index in [-0.39, 0.29) is 5.56 Å². The molecule has 8 heteroatoms. The molecule has 1 aromatic carbocycles. The first-order valence-electron chi connectivity index (χ1n) is 11.3. The number of carbonyl (C=O) groups excluding carboxylic acids is 1. The summed E-state index contributed by atoms with van der Waals surface area (Å²) >= 11 is 7.96. The molecule has 1 saturated heterocycles. The van der Waals surface area contributed by atoms with Crippen LogP contribution in [0.5, 0.6) is 0 Å². The molecule has 0 radical (unpaired) electrons. The topological polar surface area (TPSA) is 58.4 Å². The molecule has 3 heterocycles. The van der Waals surface area contributed by atoms with Crippen molar-refractivity contribution in [1.29, 1.82) is 0 Å².